The Morgan fingerprint density at radius 2 is 1.83 bits per heavy atom. The molecule has 2 aromatic rings. The van der Waals surface area contributed by atoms with E-state index >= 15 is 0 Å². The highest BCUT2D eigenvalue weighted by Gasteiger charge is 2.13. The highest BCUT2D eigenvalue weighted by atomic mass is 16.3. The highest BCUT2D eigenvalue weighted by molar-refractivity contribution is 5.97. The predicted octanol–water partition coefficient (Wildman–Crippen LogP) is -0.741. The van der Waals surface area contributed by atoms with Gasteiger partial charge < -0.3 is 10.2 Å². The van der Waals surface area contributed by atoms with Gasteiger partial charge in [0.05, 0.1) is 11.8 Å². The van der Waals surface area contributed by atoms with Crippen LogP contribution in [0.5, 0.6) is 11.6 Å². The third-order valence-corrected chi connectivity index (χ3v) is 3.18. The van der Waals surface area contributed by atoms with Crippen molar-refractivity contribution in [2.24, 2.45) is 19.2 Å². The van der Waals surface area contributed by atoms with Gasteiger partial charge >= 0.3 is 5.69 Å². The number of rotatable bonds is 3. The van der Waals surface area contributed by atoms with Crippen molar-refractivity contribution in [2.45, 2.75) is 0 Å². The molecule has 9 nitrogen and oxygen atoms in total. The lowest BCUT2D eigenvalue weighted by Crippen LogP contribution is -2.38. The molecular weight excluding hydrogens is 304 g/mol. The number of hydrogen-bond acceptors (Lipinski definition) is 6. The van der Waals surface area contributed by atoms with E-state index in [-0.39, 0.29) is 16.9 Å². The molecule has 0 aliphatic carbocycles. The molecule has 0 fully saturated rings. The standard InChI is InChI=1S/C14H14N4O5/c1-17-12(21)9(13(22)18(2)14(17)23)7-15-16-11(20)8-5-3-4-6-10(8)19/h3-7,19,21H,1-2H3,(H,16,20)/b15-7+. The topological polar surface area (TPSA) is 126 Å². The van der Waals surface area contributed by atoms with Gasteiger partial charge in [0.1, 0.15) is 11.3 Å². The van der Waals surface area contributed by atoms with Crippen molar-refractivity contribution in [3.05, 3.63) is 56.2 Å². The van der Waals surface area contributed by atoms with Crippen LogP contribution in [0.4, 0.5) is 0 Å². The monoisotopic (exact) mass is 318 g/mol. The molecule has 1 amide bonds. The summed E-state index contributed by atoms with van der Waals surface area (Å²) in [5.41, 5.74) is 0.415. The lowest BCUT2D eigenvalue weighted by Gasteiger charge is -2.07. The Bertz CT molecular complexity index is 910. The summed E-state index contributed by atoms with van der Waals surface area (Å²) in [5, 5.41) is 22.9. The number of phenols is 1. The number of aromatic nitrogens is 2. The number of carbonyl (C=O) groups is 1. The predicted molar refractivity (Wildman–Crippen MR) is 81.8 cm³/mol. The van der Waals surface area contributed by atoms with Crippen LogP contribution in [-0.4, -0.2) is 31.5 Å². The lowest BCUT2D eigenvalue weighted by molar-refractivity contribution is 0.0952. The van der Waals surface area contributed by atoms with Crippen LogP contribution in [0.3, 0.4) is 0 Å². The van der Waals surface area contributed by atoms with E-state index in [0.717, 1.165) is 15.3 Å². The third-order valence-electron chi connectivity index (χ3n) is 3.18. The molecule has 0 aliphatic rings. The molecule has 0 atom stereocenters. The number of nitrogens with one attached hydrogen (secondary N) is 1. The van der Waals surface area contributed by atoms with Crippen LogP contribution in [0.2, 0.25) is 0 Å². The van der Waals surface area contributed by atoms with E-state index in [1.807, 2.05) is 0 Å². The number of hydrogen-bond donors (Lipinski definition) is 3. The van der Waals surface area contributed by atoms with Crippen molar-refractivity contribution < 1.29 is 15.0 Å². The Morgan fingerprint density at radius 1 is 1.17 bits per heavy atom. The Morgan fingerprint density at radius 3 is 2.48 bits per heavy atom. The summed E-state index contributed by atoms with van der Waals surface area (Å²) in [6.45, 7) is 0. The summed E-state index contributed by atoms with van der Waals surface area (Å²) in [6.07, 6.45) is 0.926. The molecule has 0 saturated carbocycles. The van der Waals surface area contributed by atoms with Crippen LogP contribution < -0.4 is 16.7 Å². The molecule has 0 aliphatic heterocycles. The normalized spacial score (nSPS) is 10.9. The molecule has 9 heteroatoms. The number of aromatic hydroxyl groups is 2. The summed E-state index contributed by atoms with van der Waals surface area (Å²) < 4.78 is 1.67. The maximum absolute atomic E-state index is 11.9. The fraction of sp³-hybridized carbons (Fsp3) is 0.143. The van der Waals surface area contributed by atoms with E-state index in [1.54, 1.807) is 12.1 Å². The number of phenolic OH excluding ortho intramolecular Hbond substituents is 1. The Hall–Kier alpha value is -3.36. The van der Waals surface area contributed by atoms with Crippen molar-refractivity contribution in [2.75, 3.05) is 0 Å². The first kappa shape index (κ1) is 16.0. The van der Waals surface area contributed by atoms with Crippen LogP contribution in [-0.2, 0) is 14.1 Å². The maximum Gasteiger partial charge on any atom is 0.333 e. The first-order chi connectivity index (χ1) is 10.8. The fourth-order valence-electron chi connectivity index (χ4n) is 1.85. The van der Waals surface area contributed by atoms with Crippen molar-refractivity contribution in [3.8, 4) is 11.6 Å². The summed E-state index contributed by atoms with van der Waals surface area (Å²) in [4.78, 5) is 35.3. The second-order valence-corrected chi connectivity index (χ2v) is 4.66. The molecule has 120 valence electrons. The van der Waals surface area contributed by atoms with E-state index in [1.165, 1.54) is 26.2 Å². The van der Waals surface area contributed by atoms with Crippen LogP contribution in [0.25, 0.3) is 0 Å². The summed E-state index contributed by atoms with van der Waals surface area (Å²) in [6, 6.07) is 5.85. The van der Waals surface area contributed by atoms with Crippen LogP contribution >= 0.6 is 0 Å². The Labute approximate surface area is 129 Å². The number of amides is 1. The van der Waals surface area contributed by atoms with Crippen molar-refractivity contribution in [3.63, 3.8) is 0 Å². The molecule has 2 rings (SSSR count). The van der Waals surface area contributed by atoms with Gasteiger partial charge in [0, 0.05) is 14.1 Å². The van der Waals surface area contributed by atoms with Crippen molar-refractivity contribution >= 4 is 12.1 Å². The molecule has 1 heterocycles. The van der Waals surface area contributed by atoms with Gasteiger partial charge in [-0.3, -0.25) is 18.7 Å². The largest absolute Gasteiger partial charge is 0.507 e. The van der Waals surface area contributed by atoms with Gasteiger partial charge in [-0.15, -0.1) is 0 Å². The molecule has 23 heavy (non-hydrogen) atoms. The number of para-hydroxylation sites is 1. The van der Waals surface area contributed by atoms with Gasteiger partial charge in [-0.25, -0.2) is 10.2 Å². The molecule has 0 bridgehead atoms. The van der Waals surface area contributed by atoms with E-state index in [9.17, 15) is 24.6 Å². The molecular formula is C14H14N4O5. The Balaban J connectivity index is 2.29. The minimum absolute atomic E-state index is 0.00207. The molecule has 0 spiro atoms. The summed E-state index contributed by atoms with van der Waals surface area (Å²) in [7, 11) is 2.54. The van der Waals surface area contributed by atoms with Crippen LogP contribution in [0.1, 0.15) is 15.9 Å². The zero-order valence-electron chi connectivity index (χ0n) is 12.3. The quantitative estimate of drug-likeness (QED) is 0.507. The average molecular weight is 318 g/mol. The zero-order chi connectivity index (χ0) is 17.1. The number of hydrazone groups is 1. The van der Waals surface area contributed by atoms with Gasteiger partial charge in [0.15, 0.2) is 0 Å². The molecule has 0 saturated heterocycles. The summed E-state index contributed by atoms with van der Waals surface area (Å²) in [5.74, 6) is -1.49. The van der Waals surface area contributed by atoms with E-state index in [4.69, 9.17) is 0 Å². The Kier molecular flexibility index (Phi) is 4.30. The van der Waals surface area contributed by atoms with Gasteiger partial charge in [-0.05, 0) is 12.1 Å². The number of benzene rings is 1. The van der Waals surface area contributed by atoms with Crippen LogP contribution in [0.15, 0.2) is 39.0 Å². The van der Waals surface area contributed by atoms with Crippen molar-refractivity contribution in [1.29, 1.82) is 0 Å². The molecule has 1 aromatic heterocycles. The third kappa shape index (κ3) is 2.98. The van der Waals surface area contributed by atoms with Crippen LogP contribution in [0, 0.1) is 0 Å². The van der Waals surface area contributed by atoms with Gasteiger partial charge in [-0.2, -0.15) is 5.10 Å². The van der Waals surface area contributed by atoms with E-state index in [0.29, 0.717) is 0 Å². The second-order valence-electron chi connectivity index (χ2n) is 4.66. The number of carbonyl (C=O) groups excluding carboxylic acids is 1. The summed E-state index contributed by atoms with van der Waals surface area (Å²) >= 11 is 0. The van der Waals surface area contributed by atoms with Gasteiger partial charge in [0.2, 0.25) is 5.88 Å². The van der Waals surface area contributed by atoms with Crippen molar-refractivity contribution in [1.82, 2.24) is 14.6 Å². The molecule has 3 N–H and O–H groups in total. The zero-order valence-corrected chi connectivity index (χ0v) is 12.3. The average Bonchev–Trinajstić information content (AvgIpc) is 2.54. The smallest absolute Gasteiger partial charge is 0.333 e. The fourth-order valence-corrected chi connectivity index (χ4v) is 1.85. The SMILES string of the molecule is Cn1c(O)c(/C=N/NC(=O)c2ccccc2O)c(=O)n(C)c1=O. The van der Waals surface area contributed by atoms with Gasteiger partial charge in [0.25, 0.3) is 11.5 Å². The number of nitrogens with zero attached hydrogens (tertiary/aromatic N) is 3. The molecule has 1 aromatic carbocycles. The van der Waals surface area contributed by atoms with E-state index < -0.39 is 23.0 Å². The minimum Gasteiger partial charge on any atom is -0.507 e. The van der Waals surface area contributed by atoms with E-state index in [2.05, 4.69) is 10.5 Å². The molecule has 0 unspecified atom stereocenters. The minimum atomic E-state index is -0.758. The molecule has 0 radical (unpaired) electrons. The maximum atomic E-state index is 11.9. The van der Waals surface area contributed by atoms with Gasteiger partial charge in [-0.1, -0.05) is 12.1 Å². The highest BCUT2D eigenvalue weighted by Crippen LogP contribution is 2.14. The first-order valence-corrected chi connectivity index (χ1v) is 6.45. The lowest BCUT2D eigenvalue weighted by atomic mass is 10.2. The first-order valence-electron chi connectivity index (χ1n) is 6.45. The second kappa shape index (κ2) is 6.18.